The molecule has 3 heterocycles. The molecular formula is C33H29BrN4O3S2. The smallest absolute Gasteiger partial charge is 0.270 e. The maximum absolute atomic E-state index is 13.8. The number of hydrogen-bond acceptors (Lipinski definition) is 5. The predicted molar refractivity (Wildman–Crippen MR) is 179 cm³/mol. The minimum atomic E-state index is -0.544. The molecule has 2 aliphatic rings. The Balaban J connectivity index is 1.40. The van der Waals surface area contributed by atoms with Crippen LogP contribution in [0.2, 0.25) is 0 Å². The molecule has 0 spiro atoms. The first-order chi connectivity index (χ1) is 20.6. The topological polar surface area (TPSA) is 83.4 Å². The van der Waals surface area contributed by atoms with E-state index in [4.69, 9.17) is 12.2 Å². The van der Waals surface area contributed by atoms with Gasteiger partial charge in [-0.1, -0.05) is 33.6 Å². The molecule has 0 unspecified atom stereocenters. The quantitative estimate of drug-likeness (QED) is 0.134. The number of aromatic nitrogens is 1. The summed E-state index contributed by atoms with van der Waals surface area (Å²) in [6.45, 7) is 5.93. The second kappa shape index (κ2) is 11.7. The summed E-state index contributed by atoms with van der Waals surface area (Å²) in [6, 6.07) is 16.9. The van der Waals surface area contributed by atoms with Crippen LogP contribution in [0.4, 0.5) is 11.4 Å². The van der Waals surface area contributed by atoms with Crippen molar-refractivity contribution in [2.45, 2.75) is 46.5 Å². The van der Waals surface area contributed by atoms with Crippen LogP contribution in [-0.2, 0) is 22.4 Å². The lowest BCUT2D eigenvalue weighted by molar-refractivity contribution is -0.122. The Morgan fingerprint density at radius 1 is 1.02 bits per heavy atom. The van der Waals surface area contributed by atoms with Gasteiger partial charge in [0.2, 0.25) is 0 Å². The fourth-order valence-electron chi connectivity index (χ4n) is 5.66. The summed E-state index contributed by atoms with van der Waals surface area (Å²) in [7, 11) is 0. The van der Waals surface area contributed by atoms with Gasteiger partial charge < -0.3 is 9.88 Å². The van der Waals surface area contributed by atoms with E-state index in [1.165, 1.54) is 9.78 Å². The van der Waals surface area contributed by atoms with Crippen LogP contribution in [0.5, 0.6) is 0 Å². The predicted octanol–water partition coefficient (Wildman–Crippen LogP) is 7.19. The number of halogens is 1. The molecule has 1 aliphatic carbocycles. The van der Waals surface area contributed by atoms with Crippen molar-refractivity contribution in [1.82, 2.24) is 9.88 Å². The van der Waals surface area contributed by atoms with Crippen molar-refractivity contribution < 1.29 is 14.4 Å². The first-order valence-electron chi connectivity index (χ1n) is 14.0. The molecule has 4 aromatic rings. The largest absolute Gasteiger partial charge is 0.322 e. The molecule has 0 saturated carbocycles. The lowest BCUT2D eigenvalue weighted by Gasteiger charge is -2.29. The average molecular weight is 674 g/mol. The van der Waals surface area contributed by atoms with Gasteiger partial charge in [0, 0.05) is 26.4 Å². The molecule has 3 amide bonds. The Bertz CT molecular complexity index is 1830. The molecule has 1 aliphatic heterocycles. The second-order valence-electron chi connectivity index (χ2n) is 10.8. The maximum Gasteiger partial charge on any atom is 0.270 e. The summed E-state index contributed by atoms with van der Waals surface area (Å²) in [5.74, 6) is -1.17. The van der Waals surface area contributed by atoms with Gasteiger partial charge >= 0.3 is 0 Å². The van der Waals surface area contributed by atoms with Crippen molar-refractivity contribution in [2.75, 3.05) is 10.2 Å². The van der Waals surface area contributed by atoms with Crippen LogP contribution in [-0.4, -0.2) is 27.4 Å². The molecule has 10 heteroatoms. The van der Waals surface area contributed by atoms with E-state index in [-0.39, 0.29) is 16.6 Å². The van der Waals surface area contributed by atoms with Crippen molar-refractivity contribution in [1.29, 1.82) is 0 Å². The number of amides is 3. The van der Waals surface area contributed by atoms with E-state index in [1.54, 1.807) is 29.5 Å². The number of carbonyl (C=O) groups is 3. The van der Waals surface area contributed by atoms with Crippen molar-refractivity contribution in [3.8, 4) is 5.00 Å². The Morgan fingerprint density at radius 3 is 2.44 bits per heavy atom. The number of nitrogens with one attached hydrogen (secondary N) is 2. The highest BCUT2D eigenvalue weighted by atomic mass is 79.9. The molecule has 43 heavy (non-hydrogen) atoms. The highest BCUT2D eigenvalue weighted by molar-refractivity contribution is 9.10. The number of thiophene rings is 1. The number of benzene rings is 2. The van der Waals surface area contributed by atoms with E-state index in [0.717, 1.165) is 68.9 Å². The first-order valence-corrected chi connectivity index (χ1v) is 16.0. The molecule has 2 aromatic heterocycles. The molecule has 1 saturated heterocycles. The summed E-state index contributed by atoms with van der Waals surface area (Å²) in [5, 5.41) is 6.66. The lowest BCUT2D eigenvalue weighted by atomic mass is 9.95. The zero-order valence-electron chi connectivity index (χ0n) is 23.9. The van der Waals surface area contributed by atoms with E-state index in [9.17, 15) is 14.4 Å². The number of nitrogens with zero attached hydrogens (tertiary/aromatic N) is 2. The summed E-state index contributed by atoms with van der Waals surface area (Å²) in [5.41, 5.74) is 6.67. The fraction of sp³-hybridized carbons (Fsp3) is 0.212. The van der Waals surface area contributed by atoms with Gasteiger partial charge in [0.15, 0.2) is 5.11 Å². The van der Waals surface area contributed by atoms with E-state index in [0.29, 0.717) is 11.3 Å². The van der Waals surface area contributed by atoms with E-state index in [2.05, 4.69) is 31.1 Å². The third-order valence-corrected chi connectivity index (χ3v) is 9.94. The number of thiocarbonyl (C=S) groups is 1. The van der Waals surface area contributed by atoms with Gasteiger partial charge in [-0.15, -0.1) is 11.3 Å². The summed E-state index contributed by atoms with van der Waals surface area (Å²) in [6.07, 6.45) is 5.56. The van der Waals surface area contributed by atoms with Gasteiger partial charge in [-0.3, -0.25) is 24.6 Å². The highest BCUT2D eigenvalue weighted by Crippen LogP contribution is 2.39. The fourth-order valence-corrected chi connectivity index (χ4v) is 7.70. The average Bonchev–Trinajstić information content (AvgIpc) is 3.48. The highest BCUT2D eigenvalue weighted by Gasteiger charge is 2.35. The lowest BCUT2D eigenvalue weighted by Crippen LogP contribution is -2.54. The molecule has 0 radical (unpaired) electrons. The van der Waals surface area contributed by atoms with Gasteiger partial charge in [-0.05, 0) is 118 Å². The Morgan fingerprint density at radius 2 is 1.72 bits per heavy atom. The number of carbonyl (C=O) groups excluding carboxylic acids is 3. The molecule has 2 N–H and O–H groups in total. The van der Waals surface area contributed by atoms with Gasteiger partial charge in [0.1, 0.15) is 10.6 Å². The first kappa shape index (κ1) is 29.2. The molecule has 6 rings (SSSR count). The van der Waals surface area contributed by atoms with Crippen LogP contribution in [0.3, 0.4) is 0 Å². The van der Waals surface area contributed by atoms with Crippen LogP contribution in [0.15, 0.2) is 64.6 Å². The number of anilines is 2. The third kappa shape index (κ3) is 5.50. The summed E-state index contributed by atoms with van der Waals surface area (Å²) in [4.78, 5) is 43.0. The molecule has 2 aromatic carbocycles. The number of fused-ring (bicyclic) bond motifs is 1. The minimum Gasteiger partial charge on any atom is -0.322 e. The van der Waals surface area contributed by atoms with E-state index >= 15 is 0 Å². The van der Waals surface area contributed by atoms with E-state index < -0.39 is 11.8 Å². The van der Waals surface area contributed by atoms with E-state index in [1.807, 2.05) is 63.2 Å². The molecule has 218 valence electrons. The summed E-state index contributed by atoms with van der Waals surface area (Å²) >= 11 is 10.4. The maximum atomic E-state index is 13.8. The van der Waals surface area contributed by atoms with Crippen LogP contribution < -0.4 is 15.5 Å². The SMILES string of the molecule is Cc1ccc(NC(=O)c2c(-n3c(C)cc(/C=C4/C(=O)NC(=S)N(c5ccc(Br)cc5)C4=O)c3C)sc3c2CCCC3)cc1. The zero-order chi connectivity index (χ0) is 30.4. The molecule has 0 bridgehead atoms. The van der Waals surface area contributed by atoms with Gasteiger partial charge in [0.05, 0.1) is 11.3 Å². The van der Waals surface area contributed by atoms with Gasteiger partial charge in [0.25, 0.3) is 17.7 Å². The minimum absolute atomic E-state index is 0.0143. The van der Waals surface area contributed by atoms with Crippen LogP contribution in [0, 0.1) is 20.8 Å². The number of aryl methyl sites for hydroxylation is 3. The van der Waals surface area contributed by atoms with Crippen molar-refractivity contribution >= 4 is 79.8 Å². The number of hydrogen-bond donors (Lipinski definition) is 2. The Kier molecular flexibility index (Phi) is 7.93. The van der Waals surface area contributed by atoms with Crippen LogP contribution in [0.25, 0.3) is 11.1 Å². The van der Waals surface area contributed by atoms with Gasteiger partial charge in [-0.25, -0.2) is 0 Å². The molecule has 0 atom stereocenters. The normalized spacial score (nSPS) is 16.0. The van der Waals surface area contributed by atoms with Crippen molar-refractivity contribution in [2.24, 2.45) is 0 Å². The standard InChI is InChI=1S/C33H29BrN4O3S2/c1-18-8-12-23(13-9-18)35-30(40)28-25-6-4-5-7-27(25)43-32(28)37-19(2)16-21(20(37)3)17-26-29(39)36-33(42)38(31(26)41)24-14-10-22(34)11-15-24/h8-17H,4-7H2,1-3H3,(H,35,40)(H,36,39,42)/b26-17-. The summed E-state index contributed by atoms with van der Waals surface area (Å²) < 4.78 is 2.93. The molecule has 1 fully saturated rings. The Labute approximate surface area is 267 Å². The van der Waals surface area contributed by atoms with Gasteiger partial charge in [-0.2, -0.15) is 0 Å². The Hall–Kier alpha value is -3.86. The zero-order valence-corrected chi connectivity index (χ0v) is 27.1. The van der Waals surface area contributed by atoms with Crippen LogP contribution >= 0.6 is 39.5 Å². The van der Waals surface area contributed by atoms with Crippen molar-refractivity contribution in [3.05, 3.63) is 103 Å². The molecular weight excluding hydrogens is 644 g/mol. The number of rotatable bonds is 5. The van der Waals surface area contributed by atoms with Crippen LogP contribution in [0.1, 0.15) is 56.2 Å². The molecule has 7 nitrogen and oxygen atoms in total. The van der Waals surface area contributed by atoms with Crippen molar-refractivity contribution in [3.63, 3.8) is 0 Å². The second-order valence-corrected chi connectivity index (χ2v) is 13.2. The third-order valence-electron chi connectivity index (χ3n) is 7.85. The monoisotopic (exact) mass is 672 g/mol.